The number of rotatable bonds is 6. The van der Waals surface area contributed by atoms with E-state index in [-0.39, 0.29) is 11.8 Å². The molecule has 1 aromatic heterocycles. The predicted molar refractivity (Wildman–Crippen MR) is 80.0 cm³/mol. The maximum atomic E-state index is 12.0. The molecule has 0 bridgehead atoms. The first-order valence-corrected chi connectivity index (χ1v) is 9.40. The molecule has 19 heavy (non-hydrogen) atoms. The summed E-state index contributed by atoms with van der Waals surface area (Å²) in [7, 11) is -3.19. The Kier molecular flexibility index (Phi) is 5.38. The Morgan fingerprint density at radius 2 is 2.32 bits per heavy atom. The number of thiophene rings is 1. The molecule has 0 saturated carbocycles. The zero-order chi connectivity index (χ0) is 13.7. The van der Waals surface area contributed by atoms with Gasteiger partial charge in [-0.15, -0.1) is 11.3 Å². The summed E-state index contributed by atoms with van der Waals surface area (Å²) in [5, 5.41) is 5.29. The Labute approximate surface area is 119 Å². The highest BCUT2D eigenvalue weighted by molar-refractivity contribution is 7.89. The molecule has 2 heterocycles. The smallest absolute Gasteiger partial charge is 0.213 e. The van der Waals surface area contributed by atoms with Gasteiger partial charge in [-0.1, -0.05) is 13.3 Å². The van der Waals surface area contributed by atoms with E-state index in [9.17, 15) is 8.42 Å². The van der Waals surface area contributed by atoms with Crippen molar-refractivity contribution in [2.45, 2.75) is 45.2 Å². The molecule has 6 heteroatoms. The molecule has 0 amide bonds. The second-order valence-corrected chi connectivity index (χ2v) is 7.82. The fourth-order valence-corrected chi connectivity index (χ4v) is 4.71. The fourth-order valence-electron chi connectivity index (χ4n) is 2.40. The average molecular weight is 302 g/mol. The standard InChI is InChI=1S/C13H22N2O2S2/c1-2-11-6-8-18-13(11)9-15-19(16,17)10-12-5-3-4-7-14-12/h6,8,12,14-15H,2-5,7,9-10H2,1H3. The Balaban J connectivity index is 1.86. The zero-order valence-corrected chi connectivity index (χ0v) is 12.9. The summed E-state index contributed by atoms with van der Waals surface area (Å²) in [4.78, 5) is 1.13. The molecule has 1 aliphatic rings. The van der Waals surface area contributed by atoms with Crippen molar-refractivity contribution in [2.75, 3.05) is 12.3 Å². The van der Waals surface area contributed by atoms with Gasteiger partial charge >= 0.3 is 0 Å². The summed E-state index contributed by atoms with van der Waals surface area (Å²) in [6.45, 7) is 3.45. The summed E-state index contributed by atoms with van der Waals surface area (Å²) in [5.41, 5.74) is 1.24. The van der Waals surface area contributed by atoms with E-state index in [0.717, 1.165) is 37.1 Å². The van der Waals surface area contributed by atoms with Crippen molar-refractivity contribution >= 4 is 21.4 Å². The van der Waals surface area contributed by atoms with E-state index >= 15 is 0 Å². The van der Waals surface area contributed by atoms with Gasteiger partial charge in [0.2, 0.25) is 10.0 Å². The average Bonchev–Trinajstić information content (AvgIpc) is 2.84. The lowest BCUT2D eigenvalue weighted by Gasteiger charge is -2.23. The number of hydrogen-bond donors (Lipinski definition) is 2. The van der Waals surface area contributed by atoms with Crippen LogP contribution in [0.3, 0.4) is 0 Å². The molecule has 1 saturated heterocycles. The molecule has 2 rings (SSSR count). The molecule has 0 spiro atoms. The Bertz CT molecular complexity index is 490. The van der Waals surface area contributed by atoms with Crippen molar-refractivity contribution in [2.24, 2.45) is 0 Å². The lowest BCUT2D eigenvalue weighted by Crippen LogP contribution is -2.42. The first-order chi connectivity index (χ1) is 9.11. The van der Waals surface area contributed by atoms with E-state index in [0.29, 0.717) is 6.54 Å². The van der Waals surface area contributed by atoms with E-state index in [2.05, 4.69) is 23.0 Å². The number of sulfonamides is 1. The maximum Gasteiger partial charge on any atom is 0.213 e. The molecule has 1 atom stereocenters. The van der Waals surface area contributed by atoms with Crippen molar-refractivity contribution in [1.82, 2.24) is 10.0 Å². The number of piperidine rings is 1. The van der Waals surface area contributed by atoms with E-state index in [1.54, 1.807) is 11.3 Å². The van der Waals surface area contributed by atoms with Gasteiger partial charge in [-0.05, 0) is 42.8 Å². The highest BCUT2D eigenvalue weighted by atomic mass is 32.2. The SMILES string of the molecule is CCc1ccsc1CNS(=O)(=O)CC1CCCCN1. The van der Waals surface area contributed by atoms with Crippen LogP contribution in [0.15, 0.2) is 11.4 Å². The van der Waals surface area contributed by atoms with Crippen molar-refractivity contribution in [3.05, 3.63) is 21.9 Å². The van der Waals surface area contributed by atoms with Crippen LogP contribution in [-0.2, 0) is 23.0 Å². The molecular formula is C13H22N2O2S2. The molecule has 1 fully saturated rings. The Morgan fingerprint density at radius 1 is 1.47 bits per heavy atom. The molecule has 4 nitrogen and oxygen atoms in total. The Morgan fingerprint density at radius 3 is 3.00 bits per heavy atom. The third-order valence-corrected chi connectivity index (χ3v) is 5.89. The van der Waals surface area contributed by atoms with Crippen molar-refractivity contribution in [1.29, 1.82) is 0 Å². The molecule has 1 aliphatic heterocycles. The summed E-state index contributed by atoms with van der Waals surface area (Å²) in [6.07, 6.45) is 4.18. The molecule has 1 aromatic rings. The Hall–Kier alpha value is -0.430. The van der Waals surface area contributed by atoms with E-state index in [4.69, 9.17) is 0 Å². The van der Waals surface area contributed by atoms with Crippen LogP contribution >= 0.6 is 11.3 Å². The van der Waals surface area contributed by atoms with Crippen LogP contribution in [0, 0.1) is 0 Å². The van der Waals surface area contributed by atoms with Crippen LogP contribution in [0.4, 0.5) is 0 Å². The minimum absolute atomic E-state index is 0.111. The van der Waals surface area contributed by atoms with Crippen LogP contribution in [0.1, 0.15) is 36.6 Å². The lowest BCUT2D eigenvalue weighted by molar-refractivity contribution is 0.422. The lowest BCUT2D eigenvalue weighted by atomic mass is 10.1. The highest BCUT2D eigenvalue weighted by Gasteiger charge is 2.20. The molecule has 108 valence electrons. The number of hydrogen-bond acceptors (Lipinski definition) is 4. The van der Waals surface area contributed by atoms with Crippen molar-refractivity contribution in [3.63, 3.8) is 0 Å². The minimum Gasteiger partial charge on any atom is -0.313 e. The van der Waals surface area contributed by atoms with Gasteiger partial charge in [0.15, 0.2) is 0 Å². The molecule has 0 aromatic carbocycles. The van der Waals surface area contributed by atoms with Gasteiger partial charge in [0.1, 0.15) is 0 Å². The summed E-state index contributed by atoms with van der Waals surface area (Å²) in [6, 6.07) is 2.18. The molecular weight excluding hydrogens is 280 g/mol. The third-order valence-electron chi connectivity index (χ3n) is 3.50. The largest absolute Gasteiger partial charge is 0.313 e. The van der Waals surface area contributed by atoms with Crippen LogP contribution < -0.4 is 10.0 Å². The quantitative estimate of drug-likeness (QED) is 0.843. The fraction of sp³-hybridized carbons (Fsp3) is 0.692. The van der Waals surface area contributed by atoms with Crippen LogP contribution in [0.2, 0.25) is 0 Å². The van der Waals surface area contributed by atoms with Gasteiger partial charge in [-0.25, -0.2) is 13.1 Å². The zero-order valence-electron chi connectivity index (χ0n) is 11.3. The second kappa shape index (κ2) is 6.83. The summed E-state index contributed by atoms with van der Waals surface area (Å²) < 4.78 is 26.8. The maximum absolute atomic E-state index is 12.0. The number of nitrogens with one attached hydrogen (secondary N) is 2. The highest BCUT2D eigenvalue weighted by Crippen LogP contribution is 2.17. The van der Waals surface area contributed by atoms with Gasteiger partial charge in [0, 0.05) is 17.5 Å². The van der Waals surface area contributed by atoms with Gasteiger partial charge in [-0.2, -0.15) is 0 Å². The van der Waals surface area contributed by atoms with Crippen LogP contribution in [0.25, 0.3) is 0 Å². The van der Waals surface area contributed by atoms with E-state index < -0.39 is 10.0 Å². The second-order valence-electron chi connectivity index (χ2n) is 4.97. The first-order valence-electron chi connectivity index (χ1n) is 6.86. The van der Waals surface area contributed by atoms with Gasteiger partial charge in [-0.3, -0.25) is 0 Å². The van der Waals surface area contributed by atoms with Crippen LogP contribution in [-0.4, -0.2) is 26.8 Å². The van der Waals surface area contributed by atoms with E-state index in [1.165, 1.54) is 5.56 Å². The first kappa shape index (κ1) is 15.0. The minimum atomic E-state index is -3.19. The molecule has 2 N–H and O–H groups in total. The predicted octanol–water partition coefficient (Wildman–Crippen LogP) is 1.87. The van der Waals surface area contributed by atoms with E-state index in [1.807, 2.05) is 5.38 Å². The van der Waals surface area contributed by atoms with Gasteiger partial charge in [0.25, 0.3) is 0 Å². The third kappa shape index (κ3) is 4.56. The van der Waals surface area contributed by atoms with Crippen LogP contribution in [0.5, 0.6) is 0 Å². The monoisotopic (exact) mass is 302 g/mol. The van der Waals surface area contributed by atoms with Gasteiger partial charge < -0.3 is 5.32 Å². The molecule has 0 aliphatic carbocycles. The van der Waals surface area contributed by atoms with Crippen molar-refractivity contribution < 1.29 is 8.42 Å². The summed E-state index contributed by atoms with van der Waals surface area (Å²) in [5.74, 6) is 0.194. The normalized spacial score (nSPS) is 20.6. The summed E-state index contributed by atoms with van der Waals surface area (Å²) >= 11 is 1.62. The van der Waals surface area contributed by atoms with Crippen molar-refractivity contribution in [3.8, 4) is 0 Å². The number of aryl methyl sites for hydroxylation is 1. The molecule has 1 unspecified atom stereocenters. The topological polar surface area (TPSA) is 58.2 Å². The van der Waals surface area contributed by atoms with Gasteiger partial charge in [0.05, 0.1) is 5.75 Å². The molecule has 0 radical (unpaired) electrons.